The number of nitrogens with zero attached hydrogens (tertiary/aromatic N) is 1. The first kappa shape index (κ1) is 14.0. The molecule has 0 aromatic heterocycles. The smallest absolute Gasteiger partial charge is 0.240 e. The maximum absolute atomic E-state index is 13.3. The van der Waals surface area contributed by atoms with E-state index in [1.165, 1.54) is 22.7 Å². The molecule has 0 atom stereocenters. The van der Waals surface area contributed by atoms with Crippen LogP contribution in [0.5, 0.6) is 0 Å². The molecule has 0 unspecified atom stereocenters. The number of hydrogen-bond acceptors (Lipinski definition) is 4. The highest BCUT2D eigenvalue weighted by Gasteiger charge is 2.28. The lowest BCUT2D eigenvalue weighted by molar-refractivity contribution is -0.129. The maximum Gasteiger partial charge on any atom is 0.240 e. The summed E-state index contributed by atoms with van der Waals surface area (Å²) in [6.07, 6.45) is 0. The Hall–Kier alpha value is -1.47. The van der Waals surface area contributed by atoms with Gasteiger partial charge in [0.15, 0.2) is 0 Å². The fourth-order valence-electron chi connectivity index (χ4n) is 1.57. The number of halogens is 1. The first-order valence-corrected chi connectivity index (χ1v) is 6.94. The molecule has 1 aliphatic heterocycles. The van der Waals surface area contributed by atoms with Gasteiger partial charge < -0.3 is 5.32 Å². The van der Waals surface area contributed by atoms with Crippen molar-refractivity contribution in [3.05, 3.63) is 35.6 Å². The number of thiocarbonyl (C=S) groups is 1. The van der Waals surface area contributed by atoms with Crippen LogP contribution in [0.15, 0.2) is 24.3 Å². The van der Waals surface area contributed by atoms with Crippen LogP contribution in [-0.4, -0.2) is 33.3 Å². The number of carbonyl (C=O) groups is 2. The van der Waals surface area contributed by atoms with Gasteiger partial charge in [-0.2, -0.15) is 0 Å². The molecule has 0 radical (unpaired) electrons. The molecular formula is C12H11FN2O2S2. The Morgan fingerprint density at radius 3 is 2.84 bits per heavy atom. The number of hydrogen-bond donors (Lipinski definition) is 1. The van der Waals surface area contributed by atoms with Crippen LogP contribution in [0.3, 0.4) is 0 Å². The molecule has 2 amide bonds. The highest BCUT2D eigenvalue weighted by Crippen LogP contribution is 2.18. The Bertz CT molecular complexity index is 520. The zero-order valence-electron chi connectivity index (χ0n) is 9.89. The fraction of sp³-hybridized carbons (Fsp3) is 0.250. The molecule has 1 aromatic rings. The maximum atomic E-state index is 13.3. The van der Waals surface area contributed by atoms with Crippen molar-refractivity contribution in [2.45, 2.75) is 6.54 Å². The lowest BCUT2D eigenvalue weighted by atomic mass is 10.2. The number of rotatable bonds is 4. The highest BCUT2D eigenvalue weighted by molar-refractivity contribution is 8.23. The Kier molecular flexibility index (Phi) is 4.49. The zero-order chi connectivity index (χ0) is 13.8. The minimum Gasteiger partial charge on any atom is -0.350 e. The molecule has 1 N–H and O–H groups in total. The van der Waals surface area contributed by atoms with Crippen molar-refractivity contribution < 1.29 is 14.0 Å². The van der Waals surface area contributed by atoms with Crippen molar-refractivity contribution in [1.82, 2.24) is 10.2 Å². The molecule has 1 fully saturated rings. The van der Waals surface area contributed by atoms with Gasteiger partial charge in [-0.15, -0.1) is 0 Å². The van der Waals surface area contributed by atoms with Crippen LogP contribution in [0.2, 0.25) is 0 Å². The van der Waals surface area contributed by atoms with Crippen LogP contribution < -0.4 is 5.32 Å². The molecule has 1 heterocycles. The first-order chi connectivity index (χ1) is 9.08. The van der Waals surface area contributed by atoms with Gasteiger partial charge in [-0.05, 0) is 6.07 Å². The van der Waals surface area contributed by atoms with E-state index in [9.17, 15) is 14.0 Å². The van der Waals surface area contributed by atoms with E-state index in [-0.39, 0.29) is 36.5 Å². The third-order valence-corrected chi connectivity index (χ3v) is 4.01. The molecule has 1 saturated heterocycles. The predicted molar refractivity (Wildman–Crippen MR) is 75.0 cm³/mol. The minimum atomic E-state index is -0.369. The summed E-state index contributed by atoms with van der Waals surface area (Å²) < 4.78 is 13.7. The van der Waals surface area contributed by atoms with E-state index in [0.29, 0.717) is 9.88 Å². The van der Waals surface area contributed by atoms with Gasteiger partial charge in [0.2, 0.25) is 11.8 Å². The molecule has 2 rings (SSSR count). The summed E-state index contributed by atoms with van der Waals surface area (Å²) in [6.45, 7) is -0.0213. The van der Waals surface area contributed by atoms with Gasteiger partial charge >= 0.3 is 0 Å². The molecule has 100 valence electrons. The second-order valence-corrected chi connectivity index (χ2v) is 5.51. The summed E-state index contributed by atoms with van der Waals surface area (Å²) in [5.41, 5.74) is 0.403. The minimum absolute atomic E-state index is 0.0907. The lowest BCUT2D eigenvalue weighted by Gasteiger charge is -2.14. The zero-order valence-corrected chi connectivity index (χ0v) is 11.5. The monoisotopic (exact) mass is 298 g/mol. The van der Waals surface area contributed by atoms with E-state index in [0.717, 1.165) is 0 Å². The lowest BCUT2D eigenvalue weighted by Crippen LogP contribution is -2.39. The van der Waals surface area contributed by atoms with Crippen LogP contribution in [-0.2, 0) is 16.1 Å². The second-order valence-electron chi connectivity index (χ2n) is 3.90. The molecule has 1 aliphatic rings. The van der Waals surface area contributed by atoms with Crippen LogP contribution >= 0.6 is 24.0 Å². The van der Waals surface area contributed by atoms with E-state index in [2.05, 4.69) is 5.32 Å². The summed E-state index contributed by atoms with van der Waals surface area (Å²) in [7, 11) is 0. The average Bonchev–Trinajstić information content (AvgIpc) is 2.70. The van der Waals surface area contributed by atoms with Gasteiger partial charge in [0.05, 0.1) is 5.75 Å². The van der Waals surface area contributed by atoms with Crippen LogP contribution in [0, 0.1) is 5.82 Å². The van der Waals surface area contributed by atoms with Crippen molar-refractivity contribution in [2.75, 3.05) is 12.3 Å². The van der Waals surface area contributed by atoms with Crippen LogP contribution in [0.4, 0.5) is 4.39 Å². The van der Waals surface area contributed by atoms with Crippen molar-refractivity contribution in [1.29, 1.82) is 0 Å². The second kappa shape index (κ2) is 6.12. The normalized spacial score (nSPS) is 14.9. The standard InChI is InChI=1S/C12H11FN2O2S2/c13-9-4-2-1-3-8(9)5-14-10(16)6-15-11(17)7-19-12(15)18/h1-4H,5-7H2,(H,14,16). The molecule has 0 saturated carbocycles. The van der Waals surface area contributed by atoms with Crippen molar-refractivity contribution in [2.24, 2.45) is 0 Å². The summed E-state index contributed by atoms with van der Waals surface area (Å²) in [6, 6.07) is 6.20. The molecule has 0 spiro atoms. The molecular weight excluding hydrogens is 287 g/mol. The molecule has 0 aliphatic carbocycles. The molecule has 0 bridgehead atoms. The average molecular weight is 298 g/mol. The summed E-state index contributed by atoms with van der Waals surface area (Å²) in [5, 5.41) is 2.57. The molecule has 1 aromatic carbocycles. The fourth-order valence-corrected chi connectivity index (χ4v) is 2.64. The summed E-state index contributed by atoms with van der Waals surface area (Å²) in [4.78, 5) is 24.4. The van der Waals surface area contributed by atoms with Crippen LogP contribution in [0.25, 0.3) is 0 Å². The molecule has 7 heteroatoms. The molecule has 19 heavy (non-hydrogen) atoms. The number of benzene rings is 1. The Balaban J connectivity index is 1.87. The van der Waals surface area contributed by atoms with Gasteiger partial charge in [-0.1, -0.05) is 42.2 Å². The SMILES string of the molecule is O=C(CN1C(=O)CSC1=S)NCc1ccccc1F. The predicted octanol–water partition coefficient (Wildman–Crippen LogP) is 1.30. The highest BCUT2D eigenvalue weighted by atomic mass is 32.2. The van der Waals surface area contributed by atoms with Gasteiger partial charge in [-0.25, -0.2) is 4.39 Å². The number of nitrogens with one attached hydrogen (secondary N) is 1. The summed E-state index contributed by atoms with van der Waals surface area (Å²) in [5.74, 6) is -0.622. The Morgan fingerprint density at radius 1 is 1.47 bits per heavy atom. The third-order valence-electron chi connectivity index (χ3n) is 2.58. The van der Waals surface area contributed by atoms with E-state index < -0.39 is 0 Å². The number of amides is 2. The van der Waals surface area contributed by atoms with Crippen molar-refractivity contribution >= 4 is 40.1 Å². The Morgan fingerprint density at radius 2 is 2.21 bits per heavy atom. The van der Waals surface area contributed by atoms with E-state index in [4.69, 9.17) is 12.2 Å². The quantitative estimate of drug-likeness (QED) is 0.851. The number of carbonyl (C=O) groups excluding carboxylic acids is 2. The van der Waals surface area contributed by atoms with Gasteiger partial charge in [0.1, 0.15) is 16.7 Å². The molecule has 4 nitrogen and oxygen atoms in total. The topological polar surface area (TPSA) is 49.4 Å². The number of thioether (sulfide) groups is 1. The van der Waals surface area contributed by atoms with Crippen LogP contribution in [0.1, 0.15) is 5.56 Å². The van der Waals surface area contributed by atoms with E-state index in [1.54, 1.807) is 18.2 Å². The third kappa shape index (κ3) is 3.51. The van der Waals surface area contributed by atoms with Gasteiger partial charge in [0, 0.05) is 12.1 Å². The van der Waals surface area contributed by atoms with Gasteiger partial charge in [-0.3, -0.25) is 14.5 Å². The van der Waals surface area contributed by atoms with Gasteiger partial charge in [0.25, 0.3) is 0 Å². The first-order valence-electron chi connectivity index (χ1n) is 5.55. The van der Waals surface area contributed by atoms with E-state index >= 15 is 0 Å². The summed E-state index contributed by atoms with van der Waals surface area (Å²) >= 11 is 6.20. The van der Waals surface area contributed by atoms with E-state index in [1.807, 2.05) is 0 Å². The largest absolute Gasteiger partial charge is 0.350 e. The van der Waals surface area contributed by atoms with Crippen molar-refractivity contribution in [3.63, 3.8) is 0 Å². The Labute approximate surface area is 119 Å². The van der Waals surface area contributed by atoms with Crippen molar-refractivity contribution in [3.8, 4) is 0 Å².